The molecule has 0 aliphatic carbocycles. The highest BCUT2D eigenvalue weighted by Gasteiger charge is 2.19. The Hall–Kier alpha value is -1.88. The van der Waals surface area contributed by atoms with E-state index in [1.54, 1.807) is 0 Å². The number of aryl methyl sites for hydroxylation is 2. The van der Waals surface area contributed by atoms with E-state index in [-0.39, 0.29) is 0 Å². The lowest BCUT2D eigenvalue weighted by atomic mass is 10.1. The van der Waals surface area contributed by atoms with Crippen molar-refractivity contribution in [2.24, 2.45) is 0 Å². The van der Waals surface area contributed by atoms with Gasteiger partial charge in [-0.25, -0.2) is 0 Å². The van der Waals surface area contributed by atoms with E-state index in [1.807, 2.05) is 32.0 Å². The topological polar surface area (TPSA) is 86.6 Å². The largest absolute Gasteiger partial charge is 0.481 e. The third kappa shape index (κ3) is 4.18. The first-order chi connectivity index (χ1) is 8.40. The fraction of sp³-hybridized carbons (Fsp3) is 0.385. The highest BCUT2D eigenvalue weighted by atomic mass is 16.4. The van der Waals surface area contributed by atoms with Gasteiger partial charge in [0.2, 0.25) is 0 Å². The van der Waals surface area contributed by atoms with Crippen molar-refractivity contribution in [3.8, 4) is 0 Å². The van der Waals surface area contributed by atoms with Gasteiger partial charge in [-0.3, -0.25) is 14.9 Å². The SMILES string of the molecule is Cc1ccc(CNC(CC(=O)O)C(=O)O)cc1C. The lowest BCUT2D eigenvalue weighted by Crippen LogP contribution is -2.38. The van der Waals surface area contributed by atoms with Gasteiger partial charge in [-0.2, -0.15) is 0 Å². The van der Waals surface area contributed by atoms with Crippen molar-refractivity contribution in [1.82, 2.24) is 5.32 Å². The molecule has 0 aliphatic heterocycles. The zero-order valence-electron chi connectivity index (χ0n) is 10.4. The van der Waals surface area contributed by atoms with Crippen LogP contribution in [-0.2, 0) is 16.1 Å². The Morgan fingerprint density at radius 1 is 1.22 bits per heavy atom. The van der Waals surface area contributed by atoms with Gasteiger partial charge in [0, 0.05) is 6.54 Å². The zero-order valence-corrected chi connectivity index (χ0v) is 10.4. The molecule has 0 amide bonds. The lowest BCUT2D eigenvalue weighted by molar-refractivity contribution is -0.146. The zero-order chi connectivity index (χ0) is 13.7. The first-order valence-electron chi connectivity index (χ1n) is 5.64. The third-order valence-electron chi connectivity index (χ3n) is 2.80. The average molecular weight is 251 g/mol. The van der Waals surface area contributed by atoms with Gasteiger partial charge in [0.25, 0.3) is 0 Å². The Morgan fingerprint density at radius 2 is 1.89 bits per heavy atom. The molecule has 1 rings (SSSR count). The fourth-order valence-corrected chi connectivity index (χ4v) is 1.58. The maximum Gasteiger partial charge on any atom is 0.321 e. The minimum absolute atomic E-state index is 0.339. The molecule has 5 heteroatoms. The summed E-state index contributed by atoms with van der Waals surface area (Å²) in [4.78, 5) is 21.4. The summed E-state index contributed by atoms with van der Waals surface area (Å²) in [5, 5.41) is 20.2. The first-order valence-corrected chi connectivity index (χ1v) is 5.64. The van der Waals surface area contributed by atoms with E-state index in [0.717, 1.165) is 11.1 Å². The van der Waals surface area contributed by atoms with Crippen LogP contribution < -0.4 is 5.32 Å². The summed E-state index contributed by atoms with van der Waals surface area (Å²) in [6.07, 6.45) is -0.430. The molecule has 1 unspecified atom stereocenters. The molecule has 98 valence electrons. The van der Waals surface area contributed by atoms with E-state index in [0.29, 0.717) is 6.54 Å². The molecular formula is C13H17NO4. The molecule has 0 aromatic heterocycles. The van der Waals surface area contributed by atoms with Crippen molar-refractivity contribution in [1.29, 1.82) is 0 Å². The maximum absolute atomic E-state index is 10.9. The summed E-state index contributed by atoms with van der Waals surface area (Å²) < 4.78 is 0. The molecule has 1 atom stereocenters. The van der Waals surface area contributed by atoms with Crippen molar-refractivity contribution < 1.29 is 19.8 Å². The second kappa shape index (κ2) is 6.16. The van der Waals surface area contributed by atoms with Crippen LogP contribution in [0.5, 0.6) is 0 Å². The van der Waals surface area contributed by atoms with E-state index >= 15 is 0 Å². The molecule has 0 saturated heterocycles. The van der Waals surface area contributed by atoms with Crippen LogP contribution in [0.15, 0.2) is 18.2 Å². The van der Waals surface area contributed by atoms with Gasteiger partial charge in [-0.1, -0.05) is 18.2 Å². The van der Waals surface area contributed by atoms with Crippen LogP contribution in [0.2, 0.25) is 0 Å². The fourth-order valence-electron chi connectivity index (χ4n) is 1.58. The lowest BCUT2D eigenvalue weighted by Gasteiger charge is -2.13. The van der Waals surface area contributed by atoms with Crippen molar-refractivity contribution in [3.63, 3.8) is 0 Å². The minimum atomic E-state index is -1.15. The summed E-state index contributed by atoms with van der Waals surface area (Å²) in [5.41, 5.74) is 3.23. The average Bonchev–Trinajstić information content (AvgIpc) is 2.28. The number of hydrogen-bond donors (Lipinski definition) is 3. The Morgan fingerprint density at radius 3 is 2.39 bits per heavy atom. The first kappa shape index (κ1) is 14.2. The smallest absolute Gasteiger partial charge is 0.321 e. The van der Waals surface area contributed by atoms with Crippen molar-refractivity contribution in [2.45, 2.75) is 32.9 Å². The number of carboxylic acids is 2. The van der Waals surface area contributed by atoms with E-state index in [9.17, 15) is 9.59 Å². The van der Waals surface area contributed by atoms with Crippen LogP contribution in [0.4, 0.5) is 0 Å². The van der Waals surface area contributed by atoms with E-state index in [4.69, 9.17) is 10.2 Å². The highest BCUT2D eigenvalue weighted by molar-refractivity contribution is 5.80. The third-order valence-corrected chi connectivity index (χ3v) is 2.80. The van der Waals surface area contributed by atoms with Gasteiger partial charge in [-0.05, 0) is 30.5 Å². The van der Waals surface area contributed by atoms with Crippen molar-refractivity contribution >= 4 is 11.9 Å². The van der Waals surface area contributed by atoms with Crippen LogP contribution >= 0.6 is 0 Å². The number of aliphatic carboxylic acids is 2. The monoisotopic (exact) mass is 251 g/mol. The number of nitrogens with one attached hydrogen (secondary N) is 1. The standard InChI is InChI=1S/C13H17NO4/c1-8-3-4-10(5-9(8)2)7-14-11(13(17)18)6-12(15)16/h3-5,11,14H,6-7H2,1-2H3,(H,15,16)(H,17,18). The second-order valence-corrected chi connectivity index (χ2v) is 4.29. The molecule has 5 nitrogen and oxygen atoms in total. The Bertz CT molecular complexity index is 456. The summed E-state index contributed by atoms with van der Waals surface area (Å²) in [6.45, 7) is 4.31. The van der Waals surface area contributed by atoms with Crippen LogP contribution in [0, 0.1) is 13.8 Å². The number of hydrogen-bond acceptors (Lipinski definition) is 3. The molecule has 0 saturated carbocycles. The summed E-state index contributed by atoms with van der Waals surface area (Å²) >= 11 is 0. The second-order valence-electron chi connectivity index (χ2n) is 4.29. The van der Waals surface area contributed by atoms with Crippen LogP contribution in [-0.4, -0.2) is 28.2 Å². The summed E-state index contributed by atoms with van der Waals surface area (Å²) in [7, 11) is 0. The predicted octanol–water partition coefficient (Wildman–Crippen LogP) is 1.32. The van der Waals surface area contributed by atoms with Gasteiger partial charge in [0.05, 0.1) is 6.42 Å². The number of carbonyl (C=O) groups is 2. The predicted molar refractivity (Wildman–Crippen MR) is 66.4 cm³/mol. The normalized spacial score (nSPS) is 12.1. The van der Waals surface area contributed by atoms with E-state index in [1.165, 1.54) is 5.56 Å². The Labute approximate surface area is 105 Å². The summed E-state index contributed by atoms with van der Waals surface area (Å²) in [6, 6.07) is 4.75. The van der Waals surface area contributed by atoms with Gasteiger partial charge >= 0.3 is 11.9 Å². The molecule has 0 fully saturated rings. The molecule has 0 heterocycles. The van der Waals surface area contributed by atoms with Crippen LogP contribution in [0.25, 0.3) is 0 Å². The van der Waals surface area contributed by atoms with Crippen LogP contribution in [0.3, 0.4) is 0 Å². The Balaban J connectivity index is 2.64. The van der Waals surface area contributed by atoms with Crippen LogP contribution in [0.1, 0.15) is 23.1 Å². The Kier molecular flexibility index (Phi) is 4.85. The minimum Gasteiger partial charge on any atom is -0.481 e. The van der Waals surface area contributed by atoms with Gasteiger partial charge in [0.1, 0.15) is 6.04 Å². The number of rotatable bonds is 6. The van der Waals surface area contributed by atoms with Gasteiger partial charge < -0.3 is 10.2 Å². The van der Waals surface area contributed by atoms with Gasteiger partial charge in [0.15, 0.2) is 0 Å². The molecule has 1 aromatic rings. The van der Waals surface area contributed by atoms with Gasteiger partial charge in [-0.15, -0.1) is 0 Å². The van der Waals surface area contributed by atoms with Crippen molar-refractivity contribution in [3.05, 3.63) is 34.9 Å². The number of carboxylic acid groups (broad SMARTS) is 2. The van der Waals surface area contributed by atoms with E-state index in [2.05, 4.69) is 5.32 Å². The van der Waals surface area contributed by atoms with E-state index < -0.39 is 24.4 Å². The van der Waals surface area contributed by atoms with Crippen molar-refractivity contribution in [2.75, 3.05) is 0 Å². The molecule has 0 aliphatic rings. The molecule has 18 heavy (non-hydrogen) atoms. The molecule has 0 radical (unpaired) electrons. The molecular weight excluding hydrogens is 234 g/mol. The molecule has 3 N–H and O–H groups in total. The maximum atomic E-state index is 10.9. The molecule has 1 aromatic carbocycles. The number of benzene rings is 1. The molecule has 0 bridgehead atoms. The quantitative estimate of drug-likeness (QED) is 0.710. The highest BCUT2D eigenvalue weighted by Crippen LogP contribution is 2.10. The molecule has 0 spiro atoms. The summed E-state index contributed by atoms with van der Waals surface area (Å²) in [5.74, 6) is -2.28.